The fraction of sp³-hybridized carbons (Fsp3) is 0.625. The summed E-state index contributed by atoms with van der Waals surface area (Å²) in [5.41, 5.74) is 5.92. The van der Waals surface area contributed by atoms with E-state index >= 15 is 0 Å². The molecule has 19 heavy (non-hydrogen) atoms. The minimum atomic E-state index is -0.772. The van der Waals surface area contributed by atoms with Crippen LogP contribution in [-0.2, 0) is 5.54 Å². The molecule has 1 nitrogen and oxygen atoms in total. The lowest BCUT2D eigenvalue weighted by atomic mass is 9.68. The van der Waals surface area contributed by atoms with Gasteiger partial charge in [0.1, 0.15) is 11.6 Å². The Morgan fingerprint density at radius 2 is 1.79 bits per heavy atom. The smallest absolute Gasteiger partial charge is 0.131 e. The predicted molar refractivity (Wildman–Crippen MR) is 69.3 cm³/mol. The molecule has 5 unspecified atom stereocenters. The van der Waals surface area contributed by atoms with Crippen LogP contribution in [0, 0.1) is 35.3 Å². The van der Waals surface area contributed by atoms with Gasteiger partial charge in [-0.15, -0.1) is 0 Å². The Bertz CT molecular complexity index is 509. The van der Waals surface area contributed by atoms with E-state index in [9.17, 15) is 8.78 Å². The van der Waals surface area contributed by atoms with Gasteiger partial charge in [0, 0.05) is 5.56 Å². The zero-order valence-corrected chi connectivity index (χ0v) is 10.9. The molecule has 0 saturated heterocycles. The highest BCUT2D eigenvalue weighted by Crippen LogP contribution is 2.64. The summed E-state index contributed by atoms with van der Waals surface area (Å²) >= 11 is 0. The minimum Gasteiger partial charge on any atom is -0.321 e. The van der Waals surface area contributed by atoms with E-state index in [2.05, 4.69) is 0 Å². The molecule has 3 heteroatoms. The van der Waals surface area contributed by atoms with Crippen LogP contribution in [0.1, 0.15) is 37.7 Å². The zero-order valence-electron chi connectivity index (χ0n) is 10.9. The van der Waals surface area contributed by atoms with Gasteiger partial charge in [0.15, 0.2) is 0 Å². The summed E-state index contributed by atoms with van der Waals surface area (Å²) < 4.78 is 28.2. The molecule has 3 fully saturated rings. The van der Waals surface area contributed by atoms with Crippen LogP contribution in [0.4, 0.5) is 8.78 Å². The van der Waals surface area contributed by atoms with E-state index < -0.39 is 17.2 Å². The average Bonchev–Trinajstić information content (AvgIpc) is 2.98. The molecule has 3 aliphatic carbocycles. The lowest BCUT2D eigenvalue weighted by Crippen LogP contribution is -2.47. The summed E-state index contributed by atoms with van der Waals surface area (Å²) in [5, 5.41) is 0. The van der Waals surface area contributed by atoms with E-state index in [0.29, 0.717) is 11.8 Å². The number of hydrogen-bond acceptors (Lipinski definition) is 1. The molecule has 0 aromatic heterocycles. The molecule has 2 bridgehead atoms. The molecule has 4 rings (SSSR count). The van der Waals surface area contributed by atoms with Crippen molar-refractivity contribution in [1.29, 1.82) is 0 Å². The maximum Gasteiger partial charge on any atom is 0.131 e. The standard InChI is InChI=1S/C16H19F2N/c17-13-5-2-6-14(18)15(13)16(19)8-9-7-12(16)11-4-1-3-10(9)11/h2,5-6,9-12H,1,3-4,7-8,19H2. The second-order valence-corrected chi connectivity index (χ2v) is 6.70. The quantitative estimate of drug-likeness (QED) is 0.823. The SMILES string of the molecule is NC1(c2c(F)cccc2F)CC2CC1C1CCCC21. The molecule has 1 aromatic carbocycles. The molecule has 0 heterocycles. The maximum atomic E-state index is 14.1. The summed E-state index contributed by atoms with van der Waals surface area (Å²) in [5.74, 6) is 1.30. The lowest BCUT2D eigenvalue weighted by molar-refractivity contribution is 0.149. The Kier molecular flexibility index (Phi) is 2.36. The van der Waals surface area contributed by atoms with Crippen LogP contribution in [0.5, 0.6) is 0 Å². The molecule has 1 aromatic rings. The van der Waals surface area contributed by atoms with Gasteiger partial charge in [-0.25, -0.2) is 8.78 Å². The fourth-order valence-electron chi connectivity index (χ4n) is 5.42. The van der Waals surface area contributed by atoms with Gasteiger partial charge in [0.05, 0.1) is 5.54 Å². The summed E-state index contributed by atoms with van der Waals surface area (Å²) in [6, 6.07) is 4.10. The van der Waals surface area contributed by atoms with Gasteiger partial charge in [-0.05, 0) is 61.5 Å². The van der Waals surface area contributed by atoms with Crippen molar-refractivity contribution in [2.75, 3.05) is 0 Å². The van der Waals surface area contributed by atoms with E-state index in [4.69, 9.17) is 5.73 Å². The molecule has 3 saturated carbocycles. The summed E-state index contributed by atoms with van der Waals surface area (Å²) in [4.78, 5) is 0. The third kappa shape index (κ3) is 1.42. The molecule has 2 N–H and O–H groups in total. The van der Waals surface area contributed by atoms with E-state index in [-0.39, 0.29) is 11.5 Å². The van der Waals surface area contributed by atoms with Crippen LogP contribution >= 0.6 is 0 Å². The Labute approximate surface area is 112 Å². The van der Waals surface area contributed by atoms with E-state index in [1.807, 2.05) is 0 Å². The predicted octanol–water partition coefficient (Wildman–Crippen LogP) is 3.57. The zero-order chi connectivity index (χ0) is 13.2. The van der Waals surface area contributed by atoms with Crippen LogP contribution < -0.4 is 5.73 Å². The molecule has 0 amide bonds. The molecule has 0 aliphatic heterocycles. The first kappa shape index (κ1) is 11.8. The minimum absolute atomic E-state index is 0.146. The Hall–Kier alpha value is -0.960. The molecule has 0 spiro atoms. The number of benzene rings is 1. The number of rotatable bonds is 1. The van der Waals surface area contributed by atoms with Crippen LogP contribution in [0.25, 0.3) is 0 Å². The van der Waals surface area contributed by atoms with Crippen LogP contribution in [0.2, 0.25) is 0 Å². The maximum absolute atomic E-state index is 14.1. The van der Waals surface area contributed by atoms with Gasteiger partial charge in [0.25, 0.3) is 0 Å². The second-order valence-electron chi connectivity index (χ2n) is 6.70. The normalized spacial score (nSPS) is 43.7. The largest absolute Gasteiger partial charge is 0.321 e. The van der Waals surface area contributed by atoms with Crippen LogP contribution in [0.3, 0.4) is 0 Å². The van der Waals surface area contributed by atoms with Crippen LogP contribution in [-0.4, -0.2) is 0 Å². The molecule has 5 atom stereocenters. The monoisotopic (exact) mass is 263 g/mol. The third-order valence-electron chi connectivity index (χ3n) is 5.99. The van der Waals surface area contributed by atoms with E-state index in [1.165, 1.54) is 37.5 Å². The van der Waals surface area contributed by atoms with Crippen molar-refractivity contribution < 1.29 is 8.78 Å². The molecular weight excluding hydrogens is 244 g/mol. The molecular formula is C16H19F2N. The van der Waals surface area contributed by atoms with Crippen molar-refractivity contribution in [3.05, 3.63) is 35.4 Å². The lowest BCUT2D eigenvalue weighted by Gasteiger charge is -2.40. The highest BCUT2D eigenvalue weighted by atomic mass is 19.1. The van der Waals surface area contributed by atoms with Crippen molar-refractivity contribution in [1.82, 2.24) is 0 Å². The van der Waals surface area contributed by atoms with Gasteiger partial charge in [0.2, 0.25) is 0 Å². The molecule has 0 radical (unpaired) electrons. The van der Waals surface area contributed by atoms with Crippen molar-refractivity contribution in [2.24, 2.45) is 29.4 Å². The first-order chi connectivity index (χ1) is 9.11. The third-order valence-corrected chi connectivity index (χ3v) is 5.99. The van der Waals surface area contributed by atoms with E-state index in [0.717, 1.165) is 18.8 Å². The van der Waals surface area contributed by atoms with Gasteiger partial charge >= 0.3 is 0 Å². The Morgan fingerprint density at radius 3 is 2.53 bits per heavy atom. The number of nitrogens with two attached hydrogens (primary N) is 1. The molecule has 3 aliphatic rings. The van der Waals surface area contributed by atoms with Gasteiger partial charge in [-0.2, -0.15) is 0 Å². The Morgan fingerprint density at radius 1 is 1.11 bits per heavy atom. The van der Waals surface area contributed by atoms with Crippen molar-refractivity contribution >= 4 is 0 Å². The summed E-state index contributed by atoms with van der Waals surface area (Å²) in [7, 11) is 0. The number of fused-ring (bicyclic) bond motifs is 5. The molecule has 102 valence electrons. The number of hydrogen-bond donors (Lipinski definition) is 1. The highest BCUT2D eigenvalue weighted by Gasteiger charge is 2.61. The number of halogens is 2. The summed E-state index contributed by atoms with van der Waals surface area (Å²) in [6.45, 7) is 0. The summed E-state index contributed by atoms with van der Waals surface area (Å²) in [6.07, 6.45) is 5.58. The van der Waals surface area contributed by atoms with E-state index in [1.54, 1.807) is 0 Å². The fourth-order valence-corrected chi connectivity index (χ4v) is 5.42. The van der Waals surface area contributed by atoms with Gasteiger partial charge in [-0.1, -0.05) is 12.5 Å². The topological polar surface area (TPSA) is 26.0 Å². The van der Waals surface area contributed by atoms with Crippen molar-refractivity contribution in [3.63, 3.8) is 0 Å². The van der Waals surface area contributed by atoms with Crippen molar-refractivity contribution in [3.8, 4) is 0 Å². The van der Waals surface area contributed by atoms with Gasteiger partial charge in [-0.3, -0.25) is 0 Å². The second kappa shape index (κ2) is 3.78. The first-order valence-electron chi connectivity index (χ1n) is 7.34. The Balaban J connectivity index is 1.80. The first-order valence-corrected chi connectivity index (χ1v) is 7.34. The van der Waals surface area contributed by atoms with Gasteiger partial charge < -0.3 is 5.73 Å². The average molecular weight is 263 g/mol. The van der Waals surface area contributed by atoms with Crippen LogP contribution in [0.15, 0.2) is 18.2 Å². The highest BCUT2D eigenvalue weighted by molar-refractivity contribution is 5.32. The van der Waals surface area contributed by atoms with Crippen molar-refractivity contribution in [2.45, 2.75) is 37.6 Å².